The van der Waals surface area contributed by atoms with Crippen LogP contribution in [0.5, 0.6) is 5.75 Å². The van der Waals surface area contributed by atoms with Crippen LogP contribution in [0.2, 0.25) is 5.02 Å². The van der Waals surface area contributed by atoms with Gasteiger partial charge >= 0.3 is 0 Å². The number of likely N-dealkylation sites (N-methyl/N-ethyl adjacent to an activating group) is 1. The number of aromatic nitrogens is 3. The molecule has 0 saturated carbocycles. The average molecular weight is 341 g/mol. The van der Waals surface area contributed by atoms with Crippen LogP contribution in [-0.4, -0.2) is 51.5 Å². The summed E-state index contributed by atoms with van der Waals surface area (Å²) < 4.78 is 7.34. The number of amides is 1. The summed E-state index contributed by atoms with van der Waals surface area (Å²) in [5, 5.41) is 9.09. The number of hydrogen-bond acceptors (Lipinski definition) is 5. The lowest BCUT2D eigenvalue weighted by atomic mass is 10.3. The number of aryl methyl sites for hydroxylation is 1. The number of ether oxygens (including phenoxy) is 1. The van der Waals surface area contributed by atoms with Crippen molar-refractivity contribution in [1.29, 1.82) is 0 Å². The SMILES string of the molecule is CN(CCOc1ccc(Cl)cc1)C(=O)CSc1nncn1C. The van der Waals surface area contributed by atoms with Crippen LogP contribution in [0.15, 0.2) is 35.7 Å². The van der Waals surface area contributed by atoms with E-state index < -0.39 is 0 Å². The standard InChI is InChI=1S/C14H17ClN4O2S/c1-18(7-8-21-12-5-3-11(15)4-6-12)13(20)9-22-14-17-16-10-19(14)2/h3-6,10H,7-9H2,1-2H3. The second-order valence-corrected chi connectivity index (χ2v) is 6.01. The van der Waals surface area contributed by atoms with Crippen molar-refractivity contribution in [3.05, 3.63) is 35.6 Å². The minimum absolute atomic E-state index is 0.0210. The second kappa shape index (κ2) is 8.05. The molecule has 0 saturated heterocycles. The molecule has 0 aliphatic rings. The van der Waals surface area contributed by atoms with E-state index in [1.165, 1.54) is 11.8 Å². The Morgan fingerprint density at radius 3 is 2.77 bits per heavy atom. The molecule has 0 spiro atoms. The Morgan fingerprint density at radius 2 is 2.14 bits per heavy atom. The Hall–Kier alpha value is -1.73. The van der Waals surface area contributed by atoms with Gasteiger partial charge in [-0.2, -0.15) is 0 Å². The molecule has 0 N–H and O–H groups in total. The van der Waals surface area contributed by atoms with Crippen molar-refractivity contribution in [1.82, 2.24) is 19.7 Å². The smallest absolute Gasteiger partial charge is 0.232 e. The molecule has 0 radical (unpaired) electrons. The maximum absolute atomic E-state index is 12.0. The third-order valence-electron chi connectivity index (χ3n) is 2.93. The van der Waals surface area contributed by atoms with Gasteiger partial charge in [0.25, 0.3) is 0 Å². The van der Waals surface area contributed by atoms with Crippen LogP contribution in [0.4, 0.5) is 0 Å². The van der Waals surface area contributed by atoms with Crippen LogP contribution in [0.25, 0.3) is 0 Å². The fraction of sp³-hybridized carbons (Fsp3) is 0.357. The Labute approximate surface area is 138 Å². The number of halogens is 1. The zero-order chi connectivity index (χ0) is 15.9. The van der Waals surface area contributed by atoms with Crippen molar-refractivity contribution in [2.45, 2.75) is 5.16 Å². The maximum atomic E-state index is 12.0. The Morgan fingerprint density at radius 1 is 1.41 bits per heavy atom. The average Bonchev–Trinajstić information content (AvgIpc) is 2.92. The summed E-state index contributed by atoms with van der Waals surface area (Å²) in [7, 11) is 3.60. The topological polar surface area (TPSA) is 60.2 Å². The molecule has 2 aromatic rings. The number of hydrogen-bond donors (Lipinski definition) is 0. The van der Waals surface area contributed by atoms with Crippen molar-refractivity contribution in [2.24, 2.45) is 7.05 Å². The van der Waals surface area contributed by atoms with E-state index in [-0.39, 0.29) is 5.91 Å². The van der Waals surface area contributed by atoms with E-state index in [1.807, 2.05) is 7.05 Å². The van der Waals surface area contributed by atoms with Gasteiger partial charge in [0.15, 0.2) is 5.16 Å². The highest BCUT2D eigenvalue weighted by Crippen LogP contribution is 2.16. The first kappa shape index (κ1) is 16.6. The lowest BCUT2D eigenvalue weighted by Crippen LogP contribution is -2.32. The highest BCUT2D eigenvalue weighted by Gasteiger charge is 2.11. The summed E-state index contributed by atoms with van der Waals surface area (Å²) in [6.45, 7) is 0.944. The van der Waals surface area contributed by atoms with Gasteiger partial charge in [0.05, 0.1) is 12.3 Å². The zero-order valence-corrected chi connectivity index (χ0v) is 14.0. The quantitative estimate of drug-likeness (QED) is 0.722. The summed E-state index contributed by atoms with van der Waals surface area (Å²) >= 11 is 7.17. The van der Waals surface area contributed by atoms with Crippen LogP contribution in [0.3, 0.4) is 0 Å². The predicted molar refractivity (Wildman–Crippen MR) is 86.3 cm³/mol. The van der Waals surface area contributed by atoms with Crippen LogP contribution < -0.4 is 4.74 Å². The van der Waals surface area contributed by atoms with E-state index in [2.05, 4.69) is 10.2 Å². The van der Waals surface area contributed by atoms with E-state index in [1.54, 1.807) is 47.1 Å². The molecular weight excluding hydrogens is 324 g/mol. The fourth-order valence-corrected chi connectivity index (χ4v) is 2.55. The van der Waals surface area contributed by atoms with Gasteiger partial charge in [-0.1, -0.05) is 23.4 Å². The lowest BCUT2D eigenvalue weighted by molar-refractivity contribution is -0.127. The molecule has 0 atom stereocenters. The van der Waals surface area contributed by atoms with Crippen LogP contribution in [-0.2, 0) is 11.8 Å². The fourth-order valence-electron chi connectivity index (χ4n) is 1.60. The van der Waals surface area contributed by atoms with Crippen LogP contribution in [0.1, 0.15) is 0 Å². The Balaban J connectivity index is 1.70. The number of rotatable bonds is 7. The van der Waals surface area contributed by atoms with Crippen molar-refractivity contribution in [2.75, 3.05) is 26.0 Å². The van der Waals surface area contributed by atoms with E-state index in [0.717, 1.165) is 10.9 Å². The zero-order valence-electron chi connectivity index (χ0n) is 12.4. The monoisotopic (exact) mass is 340 g/mol. The number of nitrogens with zero attached hydrogens (tertiary/aromatic N) is 4. The minimum Gasteiger partial charge on any atom is -0.492 e. The van der Waals surface area contributed by atoms with Crippen molar-refractivity contribution in [3.8, 4) is 5.75 Å². The summed E-state index contributed by atoms with van der Waals surface area (Å²) in [5.74, 6) is 1.08. The molecule has 8 heteroatoms. The van der Waals surface area contributed by atoms with Gasteiger partial charge in [-0.3, -0.25) is 4.79 Å². The predicted octanol–water partition coefficient (Wildman–Crippen LogP) is 2.10. The lowest BCUT2D eigenvalue weighted by Gasteiger charge is -2.17. The normalized spacial score (nSPS) is 10.5. The molecule has 6 nitrogen and oxygen atoms in total. The minimum atomic E-state index is 0.0210. The van der Waals surface area contributed by atoms with E-state index in [4.69, 9.17) is 16.3 Å². The van der Waals surface area contributed by atoms with E-state index >= 15 is 0 Å². The van der Waals surface area contributed by atoms with Crippen molar-refractivity contribution >= 4 is 29.3 Å². The summed E-state index contributed by atoms with van der Waals surface area (Å²) in [6, 6.07) is 7.13. The van der Waals surface area contributed by atoms with Gasteiger partial charge < -0.3 is 14.2 Å². The number of carbonyl (C=O) groups excluding carboxylic acids is 1. The molecule has 0 bridgehead atoms. The third-order valence-corrected chi connectivity index (χ3v) is 4.20. The molecular formula is C14H17ClN4O2S. The molecule has 1 aromatic heterocycles. The first-order valence-electron chi connectivity index (χ1n) is 6.65. The largest absolute Gasteiger partial charge is 0.492 e. The molecule has 0 fully saturated rings. The first-order valence-corrected chi connectivity index (χ1v) is 8.02. The molecule has 0 aliphatic heterocycles. The Kier molecular flexibility index (Phi) is 6.09. The van der Waals surface area contributed by atoms with Crippen molar-refractivity contribution < 1.29 is 9.53 Å². The summed E-state index contributed by atoms with van der Waals surface area (Å²) in [6.07, 6.45) is 1.61. The molecule has 1 heterocycles. The van der Waals surface area contributed by atoms with Gasteiger partial charge in [0.1, 0.15) is 18.7 Å². The van der Waals surface area contributed by atoms with Gasteiger partial charge in [0.2, 0.25) is 5.91 Å². The van der Waals surface area contributed by atoms with Crippen molar-refractivity contribution in [3.63, 3.8) is 0 Å². The molecule has 0 unspecified atom stereocenters. The first-order chi connectivity index (χ1) is 10.6. The number of benzene rings is 1. The van der Waals surface area contributed by atoms with Gasteiger partial charge in [-0.15, -0.1) is 10.2 Å². The third kappa shape index (κ3) is 4.92. The molecule has 22 heavy (non-hydrogen) atoms. The van der Waals surface area contributed by atoms with Crippen LogP contribution in [0, 0.1) is 0 Å². The number of carbonyl (C=O) groups is 1. The van der Waals surface area contributed by atoms with E-state index in [0.29, 0.717) is 23.9 Å². The molecule has 118 valence electrons. The molecule has 1 aromatic carbocycles. The van der Waals surface area contributed by atoms with Gasteiger partial charge in [-0.25, -0.2) is 0 Å². The Bertz CT molecular complexity index is 618. The van der Waals surface area contributed by atoms with Crippen LogP contribution >= 0.6 is 23.4 Å². The summed E-state index contributed by atoms with van der Waals surface area (Å²) in [5.41, 5.74) is 0. The van der Waals surface area contributed by atoms with Gasteiger partial charge in [0, 0.05) is 19.1 Å². The molecule has 0 aliphatic carbocycles. The number of thioether (sulfide) groups is 1. The maximum Gasteiger partial charge on any atom is 0.232 e. The molecule has 1 amide bonds. The molecule has 2 rings (SSSR count). The highest BCUT2D eigenvalue weighted by atomic mass is 35.5. The second-order valence-electron chi connectivity index (χ2n) is 4.63. The highest BCUT2D eigenvalue weighted by molar-refractivity contribution is 7.99. The van der Waals surface area contributed by atoms with E-state index in [9.17, 15) is 4.79 Å². The van der Waals surface area contributed by atoms with Gasteiger partial charge in [-0.05, 0) is 24.3 Å². The summed E-state index contributed by atoms with van der Waals surface area (Å²) in [4.78, 5) is 13.6.